The number of benzene rings is 2. The fourth-order valence-electron chi connectivity index (χ4n) is 1.77. The molecule has 0 atom stereocenters. The summed E-state index contributed by atoms with van der Waals surface area (Å²) in [4.78, 5) is 0.188. The average molecular weight is 235 g/mol. The van der Waals surface area contributed by atoms with Crippen molar-refractivity contribution in [3.8, 4) is 0 Å². The van der Waals surface area contributed by atoms with Gasteiger partial charge in [0.25, 0.3) is 0 Å². The van der Waals surface area contributed by atoms with Gasteiger partial charge in [0, 0.05) is 5.39 Å². The van der Waals surface area contributed by atoms with Gasteiger partial charge in [-0.05, 0) is 23.4 Å². The van der Waals surface area contributed by atoms with Gasteiger partial charge in [-0.3, -0.25) is 0 Å². The third-order valence-electron chi connectivity index (χ3n) is 2.62. The van der Waals surface area contributed by atoms with Crippen LogP contribution in [0.4, 0.5) is 0 Å². The van der Waals surface area contributed by atoms with Gasteiger partial charge in [-0.15, -0.1) is 0 Å². The molecule has 0 aliphatic rings. The number of aryl methyl sites for hydroxylation is 1. The zero-order valence-corrected chi connectivity index (χ0v) is 9.79. The minimum absolute atomic E-state index is 0.188. The quantitative estimate of drug-likeness (QED) is 0.866. The van der Waals surface area contributed by atoms with Crippen molar-refractivity contribution >= 4 is 20.8 Å². The van der Waals surface area contributed by atoms with Gasteiger partial charge in [0.05, 0.1) is 4.90 Å². The maximum absolute atomic E-state index is 11.4. The standard InChI is InChI=1S/C12H13NO2S/c1-2-9-6-7-11-10(8-9)4-3-5-12(11)16(13,14)15/h3-8H,2H2,1H3,(H2,13,14,15). The Morgan fingerprint density at radius 3 is 2.56 bits per heavy atom. The molecule has 0 spiro atoms. The fourth-order valence-corrected chi connectivity index (χ4v) is 2.53. The van der Waals surface area contributed by atoms with Gasteiger partial charge in [-0.2, -0.15) is 0 Å². The van der Waals surface area contributed by atoms with Crippen molar-refractivity contribution in [2.45, 2.75) is 18.2 Å². The average Bonchev–Trinajstić information content (AvgIpc) is 2.26. The second-order valence-corrected chi connectivity index (χ2v) is 5.24. The zero-order chi connectivity index (χ0) is 11.8. The molecule has 0 amide bonds. The van der Waals surface area contributed by atoms with Gasteiger partial charge in [0.1, 0.15) is 0 Å². The highest BCUT2D eigenvalue weighted by molar-refractivity contribution is 7.89. The first-order valence-corrected chi connectivity index (χ1v) is 6.61. The molecule has 2 aromatic rings. The van der Waals surface area contributed by atoms with E-state index in [1.807, 2.05) is 24.3 Å². The van der Waals surface area contributed by atoms with E-state index in [-0.39, 0.29) is 4.90 Å². The number of rotatable bonds is 2. The lowest BCUT2D eigenvalue weighted by molar-refractivity contribution is 0.598. The molecule has 0 unspecified atom stereocenters. The lowest BCUT2D eigenvalue weighted by Crippen LogP contribution is -2.12. The molecule has 0 aliphatic carbocycles. The van der Waals surface area contributed by atoms with Crippen molar-refractivity contribution in [2.24, 2.45) is 5.14 Å². The van der Waals surface area contributed by atoms with Gasteiger partial charge >= 0.3 is 0 Å². The fraction of sp³-hybridized carbons (Fsp3) is 0.167. The smallest absolute Gasteiger partial charge is 0.225 e. The molecule has 2 aromatic carbocycles. The molecule has 2 N–H and O–H groups in total. The first-order valence-electron chi connectivity index (χ1n) is 5.07. The van der Waals surface area contributed by atoms with Gasteiger partial charge < -0.3 is 0 Å². The number of sulfonamides is 1. The molecular weight excluding hydrogens is 222 g/mol. The summed E-state index contributed by atoms with van der Waals surface area (Å²) in [6.45, 7) is 2.06. The Balaban J connectivity index is 2.80. The highest BCUT2D eigenvalue weighted by Crippen LogP contribution is 2.23. The maximum Gasteiger partial charge on any atom is 0.238 e. The normalized spacial score (nSPS) is 11.9. The van der Waals surface area contributed by atoms with Crippen LogP contribution in [0.15, 0.2) is 41.3 Å². The van der Waals surface area contributed by atoms with E-state index in [1.165, 1.54) is 11.6 Å². The lowest BCUT2D eigenvalue weighted by Gasteiger charge is -2.05. The molecule has 0 aliphatic heterocycles. The van der Waals surface area contributed by atoms with E-state index >= 15 is 0 Å². The van der Waals surface area contributed by atoms with Crippen LogP contribution in [0.25, 0.3) is 10.8 Å². The Morgan fingerprint density at radius 1 is 1.19 bits per heavy atom. The van der Waals surface area contributed by atoms with E-state index < -0.39 is 10.0 Å². The summed E-state index contributed by atoms with van der Waals surface area (Å²) in [5.74, 6) is 0. The molecule has 0 fully saturated rings. The molecule has 0 aromatic heterocycles. The molecule has 0 saturated heterocycles. The highest BCUT2D eigenvalue weighted by atomic mass is 32.2. The molecular formula is C12H13NO2S. The van der Waals surface area contributed by atoms with E-state index in [9.17, 15) is 8.42 Å². The number of hydrogen-bond donors (Lipinski definition) is 1. The van der Waals surface area contributed by atoms with E-state index in [0.29, 0.717) is 5.39 Å². The van der Waals surface area contributed by atoms with Crippen LogP contribution in [0, 0.1) is 0 Å². The Hall–Kier alpha value is -1.39. The number of primary sulfonamides is 1. The molecule has 16 heavy (non-hydrogen) atoms. The van der Waals surface area contributed by atoms with E-state index in [0.717, 1.165) is 11.8 Å². The van der Waals surface area contributed by atoms with Crippen LogP contribution in [-0.4, -0.2) is 8.42 Å². The second-order valence-electron chi connectivity index (χ2n) is 3.71. The largest absolute Gasteiger partial charge is 0.238 e. The Morgan fingerprint density at radius 2 is 1.94 bits per heavy atom. The minimum atomic E-state index is -3.65. The van der Waals surface area contributed by atoms with Gasteiger partial charge in [-0.25, -0.2) is 13.6 Å². The van der Waals surface area contributed by atoms with Gasteiger partial charge in [0.2, 0.25) is 10.0 Å². The molecule has 3 nitrogen and oxygen atoms in total. The monoisotopic (exact) mass is 235 g/mol. The van der Waals surface area contributed by atoms with Crippen molar-refractivity contribution in [3.63, 3.8) is 0 Å². The molecule has 0 radical (unpaired) electrons. The summed E-state index contributed by atoms with van der Waals surface area (Å²) in [5, 5.41) is 6.76. The highest BCUT2D eigenvalue weighted by Gasteiger charge is 2.11. The molecule has 4 heteroatoms. The van der Waals surface area contributed by atoms with Crippen LogP contribution in [0.2, 0.25) is 0 Å². The summed E-state index contributed by atoms with van der Waals surface area (Å²) < 4.78 is 22.8. The van der Waals surface area contributed by atoms with Gasteiger partial charge in [-0.1, -0.05) is 37.3 Å². The van der Waals surface area contributed by atoms with Crippen LogP contribution in [0.1, 0.15) is 12.5 Å². The maximum atomic E-state index is 11.4. The molecule has 2 rings (SSSR count). The van der Waals surface area contributed by atoms with E-state index in [2.05, 4.69) is 6.92 Å². The topological polar surface area (TPSA) is 60.2 Å². The molecule has 0 heterocycles. The summed E-state index contributed by atoms with van der Waals surface area (Å²) in [6.07, 6.45) is 0.926. The third-order valence-corrected chi connectivity index (χ3v) is 3.59. The van der Waals surface area contributed by atoms with Crippen molar-refractivity contribution in [2.75, 3.05) is 0 Å². The van der Waals surface area contributed by atoms with Crippen molar-refractivity contribution in [1.29, 1.82) is 0 Å². The van der Waals surface area contributed by atoms with Crippen molar-refractivity contribution in [3.05, 3.63) is 42.0 Å². The minimum Gasteiger partial charge on any atom is -0.225 e. The Kier molecular flexibility index (Phi) is 2.69. The number of fused-ring (bicyclic) bond motifs is 1. The first kappa shape index (κ1) is 11.1. The van der Waals surface area contributed by atoms with E-state index in [1.54, 1.807) is 6.07 Å². The summed E-state index contributed by atoms with van der Waals surface area (Å²) in [6, 6.07) is 10.9. The zero-order valence-electron chi connectivity index (χ0n) is 8.97. The summed E-state index contributed by atoms with van der Waals surface area (Å²) in [5.41, 5.74) is 1.18. The third kappa shape index (κ3) is 1.94. The van der Waals surface area contributed by atoms with Crippen LogP contribution in [-0.2, 0) is 16.4 Å². The van der Waals surface area contributed by atoms with Gasteiger partial charge in [0.15, 0.2) is 0 Å². The molecule has 0 bridgehead atoms. The summed E-state index contributed by atoms with van der Waals surface area (Å²) >= 11 is 0. The number of nitrogens with two attached hydrogens (primary N) is 1. The lowest BCUT2D eigenvalue weighted by atomic mass is 10.1. The van der Waals surface area contributed by atoms with Crippen LogP contribution >= 0.6 is 0 Å². The molecule has 84 valence electrons. The second kappa shape index (κ2) is 3.88. The van der Waals surface area contributed by atoms with E-state index in [4.69, 9.17) is 5.14 Å². The van der Waals surface area contributed by atoms with Crippen LogP contribution < -0.4 is 5.14 Å². The Bertz CT molecular complexity index is 633. The Labute approximate surface area is 94.9 Å². The van der Waals surface area contributed by atoms with Crippen LogP contribution in [0.5, 0.6) is 0 Å². The number of hydrogen-bond acceptors (Lipinski definition) is 2. The predicted molar refractivity (Wildman–Crippen MR) is 64.7 cm³/mol. The van der Waals surface area contributed by atoms with Crippen LogP contribution in [0.3, 0.4) is 0 Å². The van der Waals surface area contributed by atoms with Crippen molar-refractivity contribution < 1.29 is 8.42 Å². The predicted octanol–water partition coefficient (Wildman–Crippen LogP) is 2.05. The first-order chi connectivity index (χ1) is 7.52. The van der Waals surface area contributed by atoms with Crippen molar-refractivity contribution in [1.82, 2.24) is 0 Å². The summed E-state index contributed by atoms with van der Waals surface area (Å²) in [7, 11) is -3.65. The SMILES string of the molecule is CCc1ccc2c(S(N)(=O)=O)cccc2c1. The molecule has 0 saturated carbocycles.